The average Bonchev–Trinajstić information content (AvgIpc) is 2.97. The molecule has 1 fully saturated rings. The number of carbonyl (C=O) groups excluding carboxylic acids is 2. The molecule has 1 aliphatic rings. The highest BCUT2D eigenvalue weighted by Crippen LogP contribution is 2.38. The van der Waals surface area contributed by atoms with Crippen molar-refractivity contribution in [3.63, 3.8) is 0 Å². The van der Waals surface area contributed by atoms with Crippen LogP contribution in [0.15, 0.2) is 71.7 Å². The van der Waals surface area contributed by atoms with E-state index in [2.05, 4.69) is 32.2 Å². The Balaban J connectivity index is 1.97. The predicted molar refractivity (Wildman–Crippen MR) is 175 cm³/mol. The van der Waals surface area contributed by atoms with Crippen LogP contribution in [0.3, 0.4) is 0 Å². The number of nitrogens with one attached hydrogen (secondary N) is 1. The summed E-state index contributed by atoms with van der Waals surface area (Å²) < 4.78 is 6.19. The Morgan fingerprint density at radius 2 is 1.58 bits per heavy atom. The van der Waals surface area contributed by atoms with E-state index in [1.165, 1.54) is 0 Å². The predicted octanol–water partition coefficient (Wildman–Crippen LogP) is 7.08. The minimum Gasteiger partial charge on any atom is -0.493 e. The first kappa shape index (κ1) is 32.4. The molecule has 0 aliphatic carbocycles. The number of amides is 3. The van der Waals surface area contributed by atoms with Gasteiger partial charge in [-0.05, 0) is 72.4 Å². The summed E-state index contributed by atoms with van der Waals surface area (Å²) in [5.74, 6) is 0.867. The van der Waals surface area contributed by atoms with Gasteiger partial charge in [0.05, 0.1) is 17.7 Å². The highest BCUT2D eigenvalue weighted by Gasteiger charge is 2.44. The van der Waals surface area contributed by atoms with Gasteiger partial charge in [-0.2, -0.15) is 0 Å². The van der Waals surface area contributed by atoms with Crippen LogP contribution in [0.25, 0.3) is 0 Å². The minimum atomic E-state index is -0.968. The summed E-state index contributed by atoms with van der Waals surface area (Å²) in [7, 11) is 1.68. The van der Waals surface area contributed by atoms with E-state index in [4.69, 9.17) is 32.9 Å². The first-order valence-electron chi connectivity index (χ1n) is 14.5. The van der Waals surface area contributed by atoms with Crippen LogP contribution in [0.5, 0.6) is 5.75 Å². The fourth-order valence-corrected chi connectivity index (χ4v) is 5.64. The van der Waals surface area contributed by atoms with Crippen molar-refractivity contribution >= 4 is 41.0 Å². The highest BCUT2D eigenvalue weighted by molar-refractivity contribution is 6.30. The van der Waals surface area contributed by atoms with Crippen LogP contribution in [-0.4, -0.2) is 60.9 Å². The number of piperazine rings is 1. The molecule has 0 unspecified atom stereocenters. The number of halogens is 2. The van der Waals surface area contributed by atoms with Gasteiger partial charge in [-0.1, -0.05) is 74.3 Å². The van der Waals surface area contributed by atoms with E-state index in [1.54, 1.807) is 16.8 Å². The third kappa shape index (κ3) is 7.34. The Morgan fingerprint density at radius 1 is 0.977 bits per heavy atom. The molecule has 0 saturated carbocycles. The molecular formula is C34H40Cl2N4O3. The van der Waals surface area contributed by atoms with Crippen molar-refractivity contribution in [1.29, 1.82) is 0 Å². The minimum absolute atomic E-state index is 0.0503. The zero-order valence-corrected chi connectivity index (χ0v) is 27.2. The second kappa shape index (κ2) is 13.4. The number of carbonyl (C=O) groups is 2. The van der Waals surface area contributed by atoms with Crippen LogP contribution in [0.1, 0.15) is 56.9 Å². The first-order valence-corrected chi connectivity index (χ1v) is 15.2. The van der Waals surface area contributed by atoms with Gasteiger partial charge in [0.1, 0.15) is 18.1 Å². The Kier molecular flexibility index (Phi) is 10.1. The monoisotopic (exact) mass is 622 g/mol. The Bertz CT molecular complexity index is 1480. The summed E-state index contributed by atoms with van der Waals surface area (Å²) in [4.78, 5) is 35.3. The molecule has 1 saturated heterocycles. The molecule has 0 aromatic heterocycles. The molecule has 1 atom stereocenters. The van der Waals surface area contributed by atoms with Gasteiger partial charge in [0.25, 0.3) is 0 Å². The van der Waals surface area contributed by atoms with Gasteiger partial charge >= 0.3 is 6.03 Å². The summed E-state index contributed by atoms with van der Waals surface area (Å²) in [5, 5.41) is 4.03. The van der Waals surface area contributed by atoms with Crippen molar-refractivity contribution in [2.24, 2.45) is 4.99 Å². The van der Waals surface area contributed by atoms with Crippen LogP contribution in [0.2, 0.25) is 10.0 Å². The standard InChI is InChI=1S/C34H40Cl2N4O3/c1-7-43-29-20-25(33(2,3)4)12-17-28(29)31(37-6)40(32(42)39-19-18-38-30(41)22-39)34(5,24-10-15-27(36)16-11-24)21-23-8-13-26(35)14-9-23/h8-17,20H,7,18-19,21-22H2,1-6H3,(H,38,41)/b37-31-/t34-/m0/s1. The molecular weight excluding hydrogens is 583 g/mol. The fraction of sp³-hybridized carbons (Fsp3) is 0.382. The van der Waals surface area contributed by atoms with Gasteiger partial charge in [-0.15, -0.1) is 0 Å². The number of amidine groups is 1. The van der Waals surface area contributed by atoms with Gasteiger partial charge < -0.3 is 15.0 Å². The summed E-state index contributed by atoms with van der Waals surface area (Å²) in [6.45, 7) is 11.5. The molecule has 9 heteroatoms. The SMILES string of the molecule is CCOc1cc(C(C)(C)C)ccc1/C(=N/C)N(C(=O)N1CCNC(=O)C1)[C@@](C)(Cc1ccc(Cl)cc1)c1ccc(Cl)cc1. The molecule has 43 heavy (non-hydrogen) atoms. The average molecular weight is 624 g/mol. The zero-order chi connectivity index (χ0) is 31.4. The second-order valence-corrected chi connectivity index (χ2v) is 12.8. The number of hydrogen-bond donors (Lipinski definition) is 1. The lowest BCUT2D eigenvalue weighted by Crippen LogP contribution is -2.60. The molecule has 0 spiro atoms. The van der Waals surface area contributed by atoms with E-state index in [0.29, 0.717) is 53.3 Å². The Labute approximate surface area is 264 Å². The van der Waals surface area contributed by atoms with Crippen LogP contribution < -0.4 is 10.1 Å². The van der Waals surface area contributed by atoms with Crippen molar-refractivity contribution in [3.8, 4) is 5.75 Å². The maximum absolute atomic E-state index is 14.7. The second-order valence-electron chi connectivity index (χ2n) is 11.9. The van der Waals surface area contributed by atoms with Gasteiger partial charge in [0.2, 0.25) is 5.91 Å². The molecule has 228 valence electrons. The molecule has 4 rings (SSSR count). The van der Waals surface area contributed by atoms with Crippen molar-refractivity contribution < 1.29 is 14.3 Å². The topological polar surface area (TPSA) is 74.2 Å². The molecule has 0 radical (unpaired) electrons. The van der Waals surface area contributed by atoms with E-state index in [9.17, 15) is 9.59 Å². The normalized spacial score (nSPS) is 15.5. The van der Waals surface area contributed by atoms with Crippen LogP contribution >= 0.6 is 23.2 Å². The number of urea groups is 1. The molecule has 1 heterocycles. The number of rotatable bonds is 7. The number of benzene rings is 3. The number of hydrogen-bond acceptors (Lipinski definition) is 4. The summed E-state index contributed by atoms with van der Waals surface area (Å²) in [6.07, 6.45) is 0.431. The van der Waals surface area contributed by atoms with Crippen LogP contribution in [0, 0.1) is 0 Å². The van der Waals surface area contributed by atoms with Gasteiger partial charge in [-0.3, -0.25) is 14.7 Å². The molecule has 3 aromatic carbocycles. The molecule has 0 bridgehead atoms. The third-order valence-corrected chi connectivity index (χ3v) is 8.24. The number of aliphatic imine (C=N–C) groups is 1. The third-order valence-electron chi connectivity index (χ3n) is 7.73. The van der Waals surface area contributed by atoms with Gasteiger partial charge in [0.15, 0.2) is 0 Å². The van der Waals surface area contributed by atoms with E-state index in [-0.39, 0.29) is 23.9 Å². The van der Waals surface area contributed by atoms with Crippen molar-refractivity contribution in [1.82, 2.24) is 15.1 Å². The molecule has 1 N–H and O–H groups in total. The quantitative estimate of drug-likeness (QED) is 0.226. The Morgan fingerprint density at radius 3 is 2.14 bits per heavy atom. The lowest BCUT2D eigenvalue weighted by molar-refractivity contribution is -0.123. The van der Waals surface area contributed by atoms with E-state index in [0.717, 1.165) is 16.7 Å². The van der Waals surface area contributed by atoms with Crippen molar-refractivity contribution in [2.75, 3.05) is 33.3 Å². The van der Waals surface area contributed by atoms with Crippen molar-refractivity contribution in [2.45, 2.75) is 52.0 Å². The fourth-order valence-electron chi connectivity index (χ4n) is 5.39. The first-order chi connectivity index (χ1) is 20.4. The summed E-state index contributed by atoms with van der Waals surface area (Å²) in [6, 6.07) is 20.8. The summed E-state index contributed by atoms with van der Waals surface area (Å²) >= 11 is 12.6. The van der Waals surface area contributed by atoms with Crippen LogP contribution in [0.4, 0.5) is 4.79 Å². The lowest BCUT2D eigenvalue weighted by Gasteiger charge is -2.45. The smallest absolute Gasteiger partial charge is 0.327 e. The molecule has 3 amide bonds. The van der Waals surface area contributed by atoms with Crippen LogP contribution in [-0.2, 0) is 22.2 Å². The maximum atomic E-state index is 14.7. The zero-order valence-electron chi connectivity index (χ0n) is 25.7. The highest BCUT2D eigenvalue weighted by atomic mass is 35.5. The molecule has 1 aliphatic heterocycles. The number of ether oxygens (including phenoxy) is 1. The van der Waals surface area contributed by atoms with E-state index in [1.807, 2.05) is 74.5 Å². The van der Waals surface area contributed by atoms with Gasteiger partial charge in [0, 0.05) is 36.6 Å². The molecule has 7 nitrogen and oxygen atoms in total. The van der Waals surface area contributed by atoms with Gasteiger partial charge in [-0.25, -0.2) is 4.79 Å². The van der Waals surface area contributed by atoms with E-state index >= 15 is 0 Å². The summed E-state index contributed by atoms with van der Waals surface area (Å²) in [5.41, 5.74) is 2.53. The number of nitrogens with zero attached hydrogens (tertiary/aromatic N) is 3. The van der Waals surface area contributed by atoms with Crippen molar-refractivity contribution in [3.05, 3.63) is 99.0 Å². The van der Waals surface area contributed by atoms with E-state index < -0.39 is 5.54 Å². The largest absolute Gasteiger partial charge is 0.493 e. The lowest BCUT2D eigenvalue weighted by atomic mass is 9.82. The Hall–Kier alpha value is -3.55. The molecule has 3 aromatic rings. The maximum Gasteiger partial charge on any atom is 0.327 e.